The Morgan fingerprint density at radius 3 is 2.74 bits per heavy atom. The van der Waals surface area contributed by atoms with Crippen molar-refractivity contribution >= 4 is 27.3 Å². The Labute approximate surface area is 122 Å². The molecule has 1 aromatic rings. The number of aromatic nitrogens is 2. The van der Waals surface area contributed by atoms with Gasteiger partial charge >= 0.3 is 6.18 Å². The minimum atomic E-state index is -4.08. The second-order valence-corrected chi connectivity index (χ2v) is 7.10. The third-order valence-corrected chi connectivity index (χ3v) is 6.15. The molecule has 2 rings (SSSR count). The smallest absolute Gasteiger partial charge is 0.171 e. The van der Waals surface area contributed by atoms with Gasteiger partial charge in [-0.2, -0.15) is 13.2 Å². The standard InChI is InChI=1S/C12H16BrF3N2S/c1-2-9(13)11-18-17-10(19-11)7-4-3-5-8(6-7)12(14,15)16/h7-9H,2-6H2,1H3. The molecule has 0 aromatic carbocycles. The molecule has 0 bridgehead atoms. The van der Waals surface area contributed by atoms with Crippen molar-refractivity contribution in [2.24, 2.45) is 5.92 Å². The van der Waals surface area contributed by atoms with Crippen LogP contribution in [0.5, 0.6) is 0 Å². The number of rotatable bonds is 3. The number of halogens is 4. The average molecular weight is 357 g/mol. The van der Waals surface area contributed by atoms with Gasteiger partial charge in [-0.1, -0.05) is 29.3 Å². The fraction of sp³-hybridized carbons (Fsp3) is 0.833. The Kier molecular flexibility index (Phi) is 4.87. The molecule has 0 aliphatic heterocycles. The van der Waals surface area contributed by atoms with Crippen LogP contribution in [0.15, 0.2) is 0 Å². The summed E-state index contributed by atoms with van der Waals surface area (Å²) >= 11 is 4.94. The summed E-state index contributed by atoms with van der Waals surface area (Å²) in [5.41, 5.74) is 0. The lowest BCUT2D eigenvalue weighted by Gasteiger charge is -2.29. The summed E-state index contributed by atoms with van der Waals surface area (Å²) in [6, 6.07) is 0. The molecule has 0 amide bonds. The fourth-order valence-electron chi connectivity index (χ4n) is 2.42. The maximum absolute atomic E-state index is 12.8. The predicted octanol–water partition coefficient (Wildman–Crippen LogP) is 5.22. The Morgan fingerprint density at radius 2 is 2.11 bits per heavy atom. The van der Waals surface area contributed by atoms with Crippen LogP contribution in [0.4, 0.5) is 13.2 Å². The van der Waals surface area contributed by atoms with E-state index in [-0.39, 0.29) is 23.6 Å². The molecule has 1 saturated carbocycles. The highest BCUT2D eigenvalue weighted by Crippen LogP contribution is 2.44. The highest BCUT2D eigenvalue weighted by molar-refractivity contribution is 9.09. The van der Waals surface area contributed by atoms with Gasteiger partial charge in [0.25, 0.3) is 0 Å². The molecule has 0 saturated heterocycles. The largest absolute Gasteiger partial charge is 0.391 e. The molecule has 3 atom stereocenters. The van der Waals surface area contributed by atoms with Gasteiger partial charge in [-0.05, 0) is 25.7 Å². The van der Waals surface area contributed by atoms with Crippen LogP contribution in [-0.4, -0.2) is 16.4 Å². The van der Waals surface area contributed by atoms with Crippen LogP contribution in [-0.2, 0) is 0 Å². The quantitative estimate of drug-likeness (QED) is 0.693. The Hall–Kier alpha value is -0.170. The van der Waals surface area contributed by atoms with Crippen molar-refractivity contribution in [2.45, 2.75) is 55.9 Å². The van der Waals surface area contributed by atoms with E-state index in [0.717, 1.165) is 22.9 Å². The Balaban J connectivity index is 2.07. The Bertz CT molecular complexity index is 421. The molecule has 1 aromatic heterocycles. The van der Waals surface area contributed by atoms with Gasteiger partial charge in [0.2, 0.25) is 0 Å². The second-order valence-electron chi connectivity index (χ2n) is 4.96. The topological polar surface area (TPSA) is 25.8 Å². The van der Waals surface area contributed by atoms with E-state index in [0.29, 0.717) is 6.42 Å². The van der Waals surface area contributed by atoms with Crippen LogP contribution < -0.4 is 0 Å². The number of alkyl halides is 4. The van der Waals surface area contributed by atoms with Crippen LogP contribution in [0.3, 0.4) is 0 Å². The highest BCUT2D eigenvalue weighted by atomic mass is 79.9. The third-order valence-electron chi connectivity index (χ3n) is 3.57. The summed E-state index contributed by atoms with van der Waals surface area (Å²) in [6.45, 7) is 2.03. The molecule has 7 heteroatoms. The molecule has 1 aliphatic rings. The van der Waals surface area contributed by atoms with E-state index in [1.54, 1.807) is 0 Å². The van der Waals surface area contributed by atoms with Gasteiger partial charge in [0.05, 0.1) is 10.7 Å². The van der Waals surface area contributed by atoms with Crippen molar-refractivity contribution in [1.82, 2.24) is 10.2 Å². The minimum Gasteiger partial charge on any atom is -0.171 e. The number of hydrogen-bond acceptors (Lipinski definition) is 3. The van der Waals surface area contributed by atoms with Crippen LogP contribution in [0.2, 0.25) is 0 Å². The average Bonchev–Trinajstić information content (AvgIpc) is 2.86. The SMILES string of the molecule is CCC(Br)c1nnc(C2CCCC(C(F)(F)F)C2)s1. The molecule has 0 spiro atoms. The van der Waals surface area contributed by atoms with Gasteiger partial charge in [0.1, 0.15) is 10.0 Å². The zero-order valence-corrected chi connectivity index (χ0v) is 13.0. The van der Waals surface area contributed by atoms with Crippen molar-refractivity contribution in [1.29, 1.82) is 0 Å². The van der Waals surface area contributed by atoms with E-state index >= 15 is 0 Å². The Morgan fingerprint density at radius 1 is 1.37 bits per heavy atom. The van der Waals surface area contributed by atoms with E-state index in [4.69, 9.17) is 0 Å². The van der Waals surface area contributed by atoms with Crippen molar-refractivity contribution in [2.75, 3.05) is 0 Å². The monoisotopic (exact) mass is 356 g/mol. The normalized spacial score (nSPS) is 26.4. The molecule has 19 heavy (non-hydrogen) atoms. The molecular formula is C12H16BrF3N2S. The number of nitrogens with zero attached hydrogens (tertiary/aromatic N) is 2. The van der Waals surface area contributed by atoms with Gasteiger partial charge in [-0.15, -0.1) is 21.5 Å². The summed E-state index contributed by atoms with van der Waals surface area (Å²) < 4.78 is 38.3. The van der Waals surface area contributed by atoms with Crippen molar-refractivity contribution < 1.29 is 13.2 Å². The van der Waals surface area contributed by atoms with Crippen molar-refractivity contribution in [3.05, 3.63) is 10.0 Å². The molecular weight excluding hydrogens is 341 g/mol. The van der Waals surface area contributed by atoms with E-state index in [2.05, 4.69) is 26.1 Å². The summed E-state index contributed by atoms with van der Waals surface area (Å²) in [7, 11) is 0. The van der Waals surface area contributed by atoms with Crippen LogP contribution in [0.25, 0.3) is 0 Å². The second kappa shape index (κ2) is 6.08. The third kappa shape index (κ3) is 3.68. The first-order valence-corrected chi connectivity index (χ1v) is 8.19. The van der Waals surface area contributed by atoms with E-state index < -0.39 is 12.1 Å². The molecule has 1 heterocycles. The number of hydrogen-bond donors (Lipinski definition) is 0. The van der Waals surface area contributed by atoms with Crippen LogP contribution in [0, 0.1) is 5.92 Å². The molecule has 108 valence electrons. The summed E-state index contributed by atoms with van der Waals surface area (Å²) in [4.78, 5) is 0.153. The summed E-state index contributed by atoms with van der Waals surface area (Å²) in [6.07, 6.45) is -1.35. The minimum absolute atomic E-state index is 0.0804. The first kappa shape index (κ1) is 15.2. The van der Waals surface area contributed by atoms with Gasteiger partial charge in [0, 0.05) is 5.92 Å². The van der Waals surface area contributed by atoms with Gasteiger partial charge in [-0.25, -0.2) is 0 Å². The molecule has 2 nitrogen and oxygen atoms in total. The predicted molar refractivity (Wildman–Crippen MR) is 72.6 cm³/mol. The van der Waals surface area contributed by atoms with Crippen LogP contribution in [0.1, 0.15) is 59.8 Å². The van der Waals surface area contributed by atoms with Gasteiger partial charge in [0.15, 0.2) is 0 Å². The summed E-state index contributed by atoms with van der Waals surface area (Å²) in [5.74, 6) is -1.26. The molecule has 1 aliphatic carbocycles. The van der Waals surface area contributed by atoms with E-state index in [1.807, 2.05) is 6.92 Å². The molecule has 0 N–H and O–H groups in total. The van der Waals surface area contributed by atoms with Crippen molar-refractivity contribution in [3.8, 4) is 0 Å². The maximum atomic E-state index is 12.8. The first-order valence-electron chi connectivity index (χ1n) is 6.46. The lowest BCUT2D eigenvalue weighted by molar-refractivity contribution is -0.183. The zero-order chi connectivity index (χ0) is 14.0. The van der Waals surface area contributed by atoms with Gasteiger partial charge in [-0.3, -0.25) is 0 Å². The lowest BCUT2D eigenvalue weighted by Crippen LogP contribution is -2.28. The molecule has 1 fully saturated rings. The van der Waals surface area contributed by atoms with Crippen LogP contribution >= 0.6 is 27.3 Å². The zero-order valence-electron chi connectivity index (χ0n) is 10.6. The fourth-order valence-corrected chi connectivity index (χ4v) is 3.85. The maximum Gasteiger partial charge on any atom is 0.391 e. The van der Waals surface area contributed by atoms with E-state index in [1.165, 1.54) is 11.3 Å². The molecule has 3 unspecified atom stereocenters. The lowest BCUT2D eigenvalue weighted by atomic mass is 9.81. The van der Waals surface area contributed by atoms with Crippen molar-refractivity contribution in [3.63, 3.8) is 0 Å². The summed E-state index contributed by atoms with van der Waals surface area (Å²) in [5, 5.41) is 9.82. The first-order chi connectivity index (χ1) is 8.91. The van der Waals surface area contributed by atoms with E-state index in [9.17, 15) is 13.2 Å². The van der Waals surface area contributed by atoms with Gasteiger partial charge < -0.3 is 0 Å². The highest BCUT2D eigenvalue weighted by Gasteiger charge is 2.43. The molecule has 0 radical (unpaired) electrons.